The third-order valence-corrected chi connectivity index (χ3v) is 4.15. The van der Waals surface area contributed by atoms with Gasteiger partial charge in [-0.25, -0.2) is 4.79 Å². The average molecular weight is 290 g/mol. The van der Waals surface area contributed by atoms with Crippen molar-refractivity contribution in [2.45, 2.75) is 38.3 Å². The number of carbonyl (C=O) groups is 2. The zero-order valence-corrected chi connectivity index (χ0v) is 12.4. The van der Waals surface area contributed by atoms with Gasteiger partial charge in [0.15, 0.2) is 5.54 Å². The average Bonchev–Trinajstić information content (AvgIpc) is 2.47. The second kappa shape index (κ2) is 6.26. The topological polar surface area (TPSA) is 78.4 Å². The second-order valence-corrected chi connectivity index (χ2v) is 5.86. The number of nitrogens with one attached hydrogen (secondary N) is 2. The van der Waals surface area contributed by atoms with Gasteiger partial charge in [0.05, 0.1) is 0 Å². The Kier molecular flexibility index (Phi) is 4.63. The summed E-state index contributed by atoms with van der Waals surface area (Å²) in [7, 11) is 0. The fourth-order valence-electron chi connectivity index (χ4n) is 2.74. The highest BCUT2D eigenvalue weighted by molar-refractivity contribution is 5.88. The first kappa shape index (κ1) is 15.5. The van der Waals surface area contributed by atoms with Crippen LogP contribution in [0.15, 0.2) is 30.3 Å². The highest BCUT2D eigenvalue weighted by atomic mass is 16.4. The van der Waals surface area contributed by atoms with Gasteiger partial charge in [-0.05, 0) is 38.8 Å². The van der Waals surface area contributed by atoms with Gasteiger partial charge in [-0.2, -0.15) is 0 Å². The van der Waals surface area contributed by atoms with Crippen LogP contribution in [0.5, 0.6) is 0 Å². The summed E-state index contributed by atoms with van der Waals surface area (Å²) in [5.41, 5.74) is -0.820. The summed E-state index contributed by atoms with van der Waals surface area (Å²) in [6.45, 7) is 4.36. The molecule has 1 amide bonds. The highest BCUT2D eigenvalue weighted by Gasteiger charge is 2.38. The fraction of sp³-hybridized carbons (Fsp3) is 0.500. The van der Waals surface area contributed by atoms with Gasteiger partial charge in [-0.1, -0.05) is 30.3 Å². The van der Waals surface area contributed by atoms with Crippen LogP contribution in [0.1, 0.15) is 32.3 Å². The molecule has 0 radical (unpaired) electrons. The normalized spacial score (nSPS) is 24.9. The molecule has 1 fully saturated rings. The van der Waals surface area contributed by atoms with E-state index in [1.54, 1.807) is 24.3 Å². The molecule has 1 heterocycles. The fourth-order valence-corrected chi connectivity index (χ4v) is 2.74. The minimum Gasteiger partial charge on any atom is -0.479 e. The SMILES string of the molecule is CC1CC(C(=O)NC(C)(C(=O)O)c2ccccc2)CCN1. The molecule has 0 aliphatic carbocycles. The summed E-state index contributed by atoms with van der Waals surface area (Å²) in [6, 6.07) is 9.09. The molecule has 0 bridgehead atoms. The minimum absolute atomic E-state index is 0.136. The van der Waals surface area contributed by atoms with Crippen LogP contribution in [0, 0.1) is 5.92 Å². The Bertz CT molecular complexity index is 518. The Morgan fingerprint density at radius 2 is 2.00 bits per heavy atom. The molecule has 1 aromatic carbocycles. The third-order valence-electron chi connectivity index (χ3n) is 4.15. The monoisotopic (exact) mass is 290 g/mol. The number of carboxylic acid groups (broad SMARTS) is 1. The van der Waals surface area contributed by atoms with E-state index < -0.39 is 11.5 Å². The van der Waals surface area contributed by atoms with Gasteiger partial charge < -0.3 is 15.7 Å². The maximum Gasteiger partial charge on any atom is 0.333 e. The third kappa shape index (κ3) is 3.42. The van der Waals surface area contributed by atoms with E-state index in [0.717, 1.165) is 19.4 Å². The van der Waals surface area contributed by atoms with E-state index in [0.29, 0.717) is 5.56 Å². The molecular formula is C16H22N2O3. The van der Waals surface area contributed by atoms with Crippen molar-refractivity contribution in [1.29, 1.82) is 0 Å². The molecule has 0 spiro atoms. The molecular weight excluding hydrogens is 268 g/mol. The number of carbonyl (C=O) groups excluding carboxylic acids is 1. The number of benzene rings is 1. The molecule has 3 N–H and O–H groups in total. The van der Waals surface area contributed by atoms with E-state index in [9.17, 15) is 14.7 Å². The zero-order valence-electron chi connectivity index (χ0n) is 12.4. The van der Waals surface area contributed by atoms with Crippen molar-refractivity contribution >= 4 is 11.9 Å². The standard InChI is InChI=1S/C16H22N2O3/c1-11-10-12(8-9-17-11)14(19)18-16(2,15(20)21)13-6-4-3-5-7-13/h3-7,11-12,17H,8-10H2,1-2H3,(H,18,19)(H,20,21). The number of carboxylic acids is 1. The summed E-state index contributed by atoms with van der Waals surface area (Å²) in [5, 5.41) is 15.6. The summed E-state index contributed by atoms with van der Waals surface area (Å²) >= 11 is 0. The predicted octanol–water partition coefficient (Wildman–Crippen LogP) is 1.49. The number of aliphatic carboxylic acids is 1. The van der Waals surface area contributed by atoms with Crippen LogP contribution in [-0.4, -0.2) is 29.6 Å². The molecule has 1 aromatic rings. The van der Waals surface area contributed by atoms with Gasteiger partial charge in [0.1, 0.15) is 0 Å². The van der Waals surface area contributed by atoms with Crippen LogP contribution in [0.2, 0.25) is 0 Å². The Morgan fingerprint density at radius 3 is 2.57 bits per heavy atom. The van der Waals surface area contributed by atoms with Crippen molar-refractivity contribution in [3.8, 4) is 0 Å². The van der Waals surface area contributed by atoms with Crippen LogP contribution in [0.4, 0.5) is 0 Å². The summed E-state index contributed by atoms with van der Waals surface area (Å²) in [4.78, 5) is 24.1. The molecule has 114 valence electrons. The van der Waals surface area contributed by atoms with Crippen molar-refractivity contribution in [3.05, 3.63) is 35.9 Å². The van der Waals surface area contributed by atoms with Crippen LogP contribution in [-0.2, 0) is 15.1 Å². The Labute approximate surface area is 124 Å². The number of hydrogen-bond acceptors (Lipinski definition) is 3. The van der Waals surface area contributed by atoms with Gasteiger partial charge in [-0.15, -0.1) is 0 Å². The molecule has 0 aromatic heterocycles. The van der Waals surface area contributed by atoms with Gasteiger partial charge >= 0.3 is 5.97 Å². The number of amides is 1. The van der Waals surface area contributed by atoms with Crippen molar-refractivity contribution in [2.24, 2.45) is 5.92 Å². The first-order chi connectivity index (χ1) is 9.93. The van der Waals surface area contributed by atoms with Crippen LogP contribution in [0.3, 0.4) is 0 Å². The summed E-state index contributed by atoms with van der Waals surface area (Å²) in [5.74, 6) is -1.37. The van der Waals surface area contributed by atoms with Crippen molar-refractivity contribution in [2.75, 3.05) is 6.54 Å². The van der Waals surface area contributed by atoms with Crippen molar-refractivity contribution in [3.63, 3.8) is 0 Å². The lowest BCUT2D eigenvalue weighted by molar-refractivity contribution is -0.148. The van der Waals surface area contributed by atoms with Gasteiger partial charge in [0.2, 0.25) is 5.91 Å². The number of hydrogen-bond donors (Lipinski definition) is 3. The van der Waals surface area contributed by atoms with E-state index in [4.69, 9.17) is 0 Å². The molecule has 3 atom stereocenters. The van der Waals surface area contributed by atoms with Crippen LogP contribution in [0.25, 0.3) is 0 Å². The maximum absolute atomic E-state index is 12.4. The van der Waals surface area contributed by atoms with E-state index in [1.807, 2.05) is 13.0 Å². The van der Waals surface area contributed by atoms with Gasteiger partial charge in [-0.3, -0.25) is 4.79 Å². The lowest BCUT2D eigenvalue weighted by Crippen LogP contribution is -2.53. The molecule has 0 saturated carbocycles. The van der Waals surface area contributed by atoms with E-state index >= 15 is 0 Å². The molecule has 2 rings (SSSR count). The van der Waals surface area contributed by atoms with Gasteiger partial charge in [0, 0.05) is 12.0 Å². The molecule has 1 aliphatic rings. The van der Waals surface area contributed by atoms with E-state index in [1.165, 1.54) is 6.92 Å². The van der Waals surface area contributed by atoms with E-state index in [2.05, 4.69) is 10.6 Å². The van der Waals surface area contributed by atoms with Crippen molar-refractivity contribution in [1.82, 2.24) is 10.6 Å². The molecule has 1 aliphatic heterocycles. The lowest BCUT2D eigenvalue weighted by Gasteiger charge is -2.32. The van der Waals surface area contributed by atoms with Crippen LogP contribution < -0.4 is 10.6 Å². The first-order valence-electron chi connectivity index (χ1n) is 7.28. The highest BCUT2D eigenvalue weighted by Crippen LogP contribution is 2.24. The molecule has 3 unspecified atom stereocenters. The predicted molar refractivity (Wildman–Crippen MR) is 79.8 cm³/mol. The summed E-state index contributed by atoms with van der Waals surface area (Å²) < 4.78 is 0. The van der Waals surface area contributed by atoms with E-state index in [-0.39, 0.29) is 17.9 Å². The van der Waals surface area contributed by atoms with Gasteiger partial charge in [0.25, 0.3) is 0 Å². The smallest absolute Gasteiger partial charge is 0.333 e. The minimum atomic E-state index is -1.40. The number of rotatable bonds is 4. The second-order valence-electron chi connectivity index (χ2n) is 5.86. The molecule has 5 heteroatoms. The Morgan fingerprint density at radius 1 is 1.33 bits per heavy atom. The first-order valence-corrected chi connectivity index (χ1v) is 7.28. The largest absolute Gasteiger partial charge is 0.479 e. The quantitative estimate of drug-likeness (QED) is 0.785. The molecule has 21 heavy (non-hydrogen) atoms. The van der Waals surface area contributed by atoms with Crippen LogP contribution >= 0.6 is 0 Å². The lowest BCUT2D eigenvalue weighted by atomic mass is 9.88. The zero-order chi connectivity index (χ0) is 15.5. The Balaban J connectivity index is 2.17. The van der Waals surface area contributed by atoms with Crippen molar-refractivity contribution < 1.29 is 14.7 Å². The Hall–Kier alpha value is -1.88. The molecule has 1 saturated heterocycles. The number of piperidine rings is 1. The molecule has 5 nitrogen and oxygen atoms in total. The summed E-state index contributed by atoms with van der Waals surface area (Å²) in [6.07, 6.45) is 1.47. The maximum atomic E-state index is 12.4.